The second-order valence-corrected chi connectivity index (χ2v) is 9.49. The maximum atomic E-state index is 13.4. The van der Waals surface area contributed by atoms with Gasteiger partial charge in [0.2, 0.25) is 0 Å². The van der Waals surface area contributed by atoms with E-state index in [1.807, 2.05) is 25.4 Å². The van der Waals surface area contributed by atoms with Gasteiger partial charge in [-0.05, 0) is 74.2 Å². The van der Waals surface area contributed by atoms with Crippen LogP contribution in [0.2, 0.25) is 0 Å². The number of nitriles is 1. The number of hydrogen-bond donors (Lipinski definition) is 1. The molecule has 1 saturated carbocycles. The van der Waals surface area contributed by atoms with Crippen LogP contribution in [0.3, 0.4) is 0 Å². The Balaban J connectivity index is 1.55. The standard InChI is InChI=1S/C27H26FN3O/c1-26-16-31-17-30-25(19-9-11-22(28)12-10-19)23(31)14-20(26)6-4-8-24(26)27(2,32)21-7-3-5-18(13-21)15-29/h3,5,7,9-14,17,24,32H,4,6,8,16H2,1-2H3. The fourth-order valence-electron chi connectivity index (χ4n) is 5.80. The van der Waals surface area contributed by atoms with E-state index in [2.05, 4.69) is 28.6 Å². The minimum atomic E-state index is -1.07. The zero-order valence-corrected chi connectivity index (χ0v) is 18.3. The molecule has 4 nitrogen and oxygen atoms in total. The monoisotopic (exact) mass is 427 g/mol. The molecule has 2 aliphatic rings. The first-order valence-corrected chi connectivity index (χ1v) is 11.1. The SMILES string of the molecule is CC12Cn3cnc(-c4ccc(F)cc4)c3C=C1CCCC2C(C)(O)c1cccc(C#N)c1. The molecular weight excluding hydrogens is 401 g/mol. The highest BCUT2D eigenvalue weighted by Crippen LogP contribution is 2.55. The third-order valence-corrected chi connectivity index (χ3v) is 7.50. The van der Waals surface area contributed by atoms with E-state index in [-0.39, 0.29) is 17.2 Å². The minimum Gasteiger partial charge on any atom is -0.385 e. The molecule has 1 aliphatic heterocycles. The lowest BCUT2D eigenvalue weighted by atomic mass is 9.57. The highest BCUT2D eigenvalue weighted by atomic mass is 19.1. The van der Waals surface area contributed by atoms with Crippen molar-refractivity contribution >= 4 is 6.08 Å². The number of aromatic nitrogens is 2. The molecule has 5 rings (SSSR count). The first-order valence-electron chi connectivity index (χ1n) is 11.1. The lowest BCUT2D eigenvalue weighted by molar-refractivity contribution is -0.0713. The predicted octanol–water partition coefficient (Wildman–Crippen LogP) is 5.67. The highest BCUT2D eigenvalue weighted by Gasteiger charge is 2.51. The maximum Gasteiger partial charge on any atom is 0.123 e. The second kappa shape index (κ2) is 7.43. The van der Waals surface area contributed by atoms with Crippen LogP contribution in [-0.2, 0) is 12.1 Å². The van der Waals surface area contributed by atoms with Gasteiger partial charge in [0.15, 0.2) is 0 Å². The highest BCUT2D eigenvalue weighted by molar-refractivity contribution is 5.72. The van der Waals surface area contributed by atoms with Gasteiger partial charge < -0.3 is 9.67 Å². The smallest absolute Gasteiger partial charge is 0.123 e. The molecule has 0 saturated heterocycles. The zero-order chi connectivity index (χ0) is 22.5. The molecule has 2 aromatic carbocycles. The molecule has 1 N–H and O–H groups in total. The van der Waals surface area contributed by atoms with Crippen molar-refractivity contribution in [3.8, 4) is 17.3 Å². The number of nitrogens with zero attached hydrogens (tertiary/aromatic N) is 3. The van der Waals surface area contributed by atoms with E-state index in [1.54, 1.807) is 24.3 Å². The Morgan fingerprint density at radius 1 is 1.25 bits per heavy atom. The van der Waals surface area contributed by atoms with Crippen molar-refractivity contribution in [1.29, 1.82) is 5.26 Å². The van der Waals surface area contributed by atoms with Crippen LogP contribution in [0, 0.1) is 28.5 Å². The number of benzene rings is 2. The molecule has 0 bridgehead atoms. The van der Waals surface area contributed by atoms with Crippen molar-refractivity contribution in [2.24, 2.45) is 11.3 Å². The van der Waals surface area contributed by atoms with E-state index in [1.165, 1.54) is 17.7 Å². The van der Waals surface area contributed by atoms with E-state index in [0.717, 1.165) is 48.3 Å². The Labute approximate surface area is 187 Å². The summed E-state index contributed by atoms with van der Waals surface area (Å²) < 4.78 is 15.6. The van der Waals surface area contributed by atoms with Crippen LogP contribution in [0.15, 0.2) is 60.4 Å². The second-order valence-electron chi connectivity index (χ2n) is 9.49. The van der Waals surface area contributed by atoms with Gasteiger partial charge >= 0.3 is 0 Å². The fraction of sp³-hybridized carbons (Fsp3) is 0.333. The average Bonchev–Trinajstić information content (AvgIpc) is 3.19. The summed E-state index contributed by atoms with van der Waals surface area (Å²) in [5.41, 5.74) is 4.15. The van der Waals surface area contributed by atoms with Crippen molar-refractivity contribution in [1.82, 2.24) is 9.55 Å². The Kier molecular flexibility index (Phi) is 4.79. The van der Waals surface area contributed by atoms with E-state index in [0.29, 0.717) is 5.56 Å². The van der Waals surface area contributed by atoms with Gasteiger partial charge in [-0.3, -0.25) is 0 Å². The van der Waals surface area contributed by atoms with Gasteiger partial charge in [-0.15, -0.1) is 0 Å². The Morgan fingerprint density at radius 3 is 2.78 bits per heavy atom. The summed E-state index contributed by atoms with van der Waals surface area (Å²) in [6, 6.07) is 16.0. The van der Waals surface area contributed by atoms with Crippen molar-refractivity contribution in [2.45, 2.75) is 45.3 Å². The van der Waals surface area contributed by atoms with Gasteiger partial charge in [-0.2, -0.15) is 5.26 Å². The van der Waals surface area contributed by atoms with E-state index >= 15 is 0 Å². The van der Waals surface area contributed by atoms with Crippen molar-refractivity contribution in [2.75, 3.05) is 0 Å². The van der Waals surface area contributed by atoms with Crippen LogP contribution in [0.4, 0.5) is 4.39 Å². The number of fused-ring (bicyclic) bond motifs is 2. The topological polar surface area (TPSA) is 61.8 Å². The Morgan fingerprint density at radius 2 is 2.03 bits per heavy atom. The Bertz CT molecular complexity index is 1250. The molecule has 3 atom stereocenters. The van der Waals surface area contributed by atoms with Crippen LogP contribution >= 0.6 is 0 Å². The van der Waals surface area contributed by atoms with Gasteiger partial charge in [-0.25, -0.2) is 9.37 Å². The summed E-state index contributed by atoms with van der Waals surface area (Å²) in [7, 11) is 0. The molecule has 0 amide bonds. The third kappa shape index (κ3) is 3.18. The maximum absolute atomic E-state index is 13.4. The van der Waals surface area contributed by atoms with Gasteiger partial charge in [0.25, 0.3) is 0 Å². The average molecular weight is 428 g/mol. The molecule has 1 aliphatic carbocycles. The van der Waals surface area contributed by atoms with E-state index in [4.69, 9.17) is 0 Å². The minimum absolute atomic E-state index is 0.00577. The molecule has 3 unspecified atom stereocenters. The fourth-order valence-corrected chi connectivity index (χ4v) is 5.80. The summed E-state index contributed by atoms with van der Waals surface area (Å²) >= 11 is 0. The van der Waals surface area contributed by atoms with Crippen LogP contribution in [-0.4, -0.2) is 14.7 Å². The first-order chi connectivity index (χ1) is 15.3. The number of hydrogen-bond acceptors (Lipinski definition) is 3. The lowest BCUT2D eigenvalue weighted by Gasteiger charge is -2.51. The first kappa shape index (κ1) is 20.7. The van der Waals surface area contributed by atoms with Gasteiger partial charge in [0.1, 0.15) is 5.82 Å². The Hall–Kier alpha value is -3.23. The van der Waals surface area contributed by atoms with Gasteiger partial charge in [0.05, 0.1) is 34.9 Å². The molecule has 5 heteroatoms. The normalized spacial score (nSPS) is 24.0. The number of imidazole rings is 1. The van der Waals surface area contributed by atoms with Crippen molar-refractivity contribution in [3.63, 3.8) is 0 Å². The number of halogens is 1. The van der Waals surface area contributed by atoms with Crippen LogP contribution < -0.4 is 0 Å². The molecule has 3 aromatic rings. The largest absolute Gasteiger partial charge is 0.385 e. The molecule has 1 fully saturated rings. The summed E-state index contributed by atoms with van der Waals surface area (Å²) in [6.45, 7) is 4.85. The number of rotatable bonds is 3. The quantitative estimate of drug-likeness (QED) is 0.586. The van der Waals surface area contributed by atoms with Crippen LogP contribution in [0.1, 0.15) is 49.9 Å². The molecule has 32 heavy (non-hydrogen) atoms. The van der Waals surface area contributed by atoms with Gasteiger partial charge in [0, 0.05) is 23.4 Å². The lowest BCUT2D eigenvalue weighted by Crippen LogP contribution is -2.48. The molecular formula is C27H26FN3O. The third-order valence-electron chi connectivity index (χ3n) is 7.50. The molecule has 1 aromatic heterocycles. The number of allylic oxidation sites excluding steroid dienone is 1. The van der Waals surface area contributed by atoms with Crippen LogP contribution in [0.5, 0.6) is 0 Å². The molecule has 0 radical (unpaired) electrons. The zero-order valence-electron chi connectivity index (χ0n) is 18.3. The summed E-state index contributed by atoms with van der Waals surface area (Å²) in [5, 5.41) is 21.1. The molecule has 162 valence electrons. The summed E-state index contributed by atoms with van der Waals surface area (Å²) in [4.78, 5) is 4.65. The summed E-state index contributed by atoms with van der Waals surface area (Å²) in [5.74, 6) is -0.264. The van der Waals surface area contributed by atoms with E-state index in [9.17, 15) is 14.8 Å². The molecule has 0 spiro atoms. The summed E-state index contributed by atoms with van der Waals surface area (Å²) in [6.07, 6.45) is 6.97. The van der Waals surface area contributed by atoms with E-state index < -0.39 is 5.60 Å². The number of aliphatic hydroxyl groups is 1. The van der Waals surface area contributed by atoms with Crippen molar-refractivity contribution in [3.05, 3.63) is 83.1 Å². The molecule has 2 heterocycles. The van der Waals surface area contributed by atoms with Gasteiger partial charge in [-0.1, -0.05) is 24.6 Å². The predicted molar refractivity (Wildman–Crippen MR) is 122 cm³/mol. The van der Waals surface area contributed by atoms with Crippen molar-refractivity contribution < 1.29 is 9.50 Å². The van der Waals surface area contributed by atoms with Crippen LogP contribution in [0.25, 0.3) is 17.3 Å².